The molecular weight excluding hydrogens is 274 g/mol. The van der Waals surface area contributed by atoms with E-state index in [1.54, 1.807) is 30.5 Å². The maximum Gasteiger partial charge on any atom is 0.248 e. The van der Waals surface area contributed by atoms with E-state index in [0.717, 1.165) is 5.56 Å². The molecule has 3 rings (SSSR count). The molecule has 0 atom stereocenters. The largest absolute Gasteiger partial charge is 0.366 e. The highest BCUT2D eigenvalue weighted by Gasteiger charge is 2.08. The summed E-state index contributed by atoms with van der Waals surface area (Å²) in [4.78, 5) is 20.0. The summed E-state index contributed by atoms with van der Waals surface area (Å²) in [6.45, 7) is 0. The number of rotatable bonds is 2. The summed E-state index contributed by atoms with van der Waals surface area (Å²) >= 11 is 6.15. The fourth-order valence-electron chi connectivity index (χ4n) is 1.96. The van der Waals surface area contributed by atoms with Gasteiger partial charge in [0, 0.05) is 11.1 Å². The lowest BCUT2D eigenvalue weighted by Gasteiger charge is -2.05. The van der Waals surface area contributed by atoms with E-state index >= 15 is 0 Å². The first-order valence-electron chi connectivity index (χ1n) is 5.96. The molecule has 1 amide bonds. The van der Waals surface area contributed by atoms with Crippen LogP contribution in [0.3, 0.4) is 0 Å². The highest BCUT2D eigenvalue weighted by atomic mass is 35.5. The number of benzene rings is 2. The maximum atomic E-state index is 11.1. The van der Waals surface area contributed by atoms with Crippen molar-refractivity contribution in [2.75, 3.05) is 0 Å². The van der Waals surface area contributed by atoms with Gasteiger partial charge in [0.2, 0.25) is 5.91 Å². The summed E-state index contributed by atoms with van der Waals surface area (Å²) in [5.41, 5.74) is 8.48. The van der Waals surface area contributed by atoms with Gasteiger partial charge in [0.25, 0.3) is 0 Å². The van der Waals surface area contributed by atoms with Gasteiger partial charge in [0.05, 0.1) is 27.9 Å². The third-order valence-electron chi connectivity index (χ3n) is 2.98. The van der Waals surface area contributed by atoms with E-state index in [-0.39, 0.29) is 0 Å². The Balaban J connectivity index is 2.15. The number of nitrogens with two attached hydrogens (primary N) is 1. The minimum Gasteiger partial charge on any atom is -0.366 e. The molecule has 2 aromatic carbocycles. The summed E-state index contributed by atoms with van der Waals surface area (Å²) < 4.78 is 0. The second-order valence-corrected chi connectivity index (χ2v) is 4.71. The van der Waals surface area contributed by atoms with Crippen LogP contribution in [0.15, 0.2) is 48.7 Å². The molecule has 0 aliphatic rings. The second-order valence-electron chi connectivity index (χ2n) is 4.30. The molecule has 0 aliphatic heterocycles. The van der Waals surface area contributed by atoms with E-state index in [1.165, 1.54) is 0 Å². The summed E-state index contributed by atoms with van der Waals surface area (Å²) in [5, 5.41) is 0.620. The van der Waals surface area contributed by atoms with Crippen LogP contribution in [-0.4, -0.2) is 15.9 Å². The highest BCUT2D eigenvalue weighted by molar-refractivity contribution is 6.33. The Bertz CT molecular complexity index is 817. The van der Waals surface area contributed by atoms with Gasteiger partial charge in [-0.1, -0.05) is 29.8 Å². The molecule has 0 fully saturated rings. The number of fused-ring (bicyclic) bond motifs is 1. The lowest BCUT2D eigenvalue weighted by Crippen LogP contribution is -2.10. The van der Waals surface area contributed by atoms with Crippen molar-refractivity contribution < 1.29 is 4.79 Å². The summed E-state index contributed by atoms with van der Waals surface area (Å²) in [6, 6.07) is 12.4. The second kappa shape index (κ2) is 4.90. The molecule has 4 nitrogen and oxygen atoms in total. The third-order valence-corrected chi connectivity index (χ3v) is 3.31. The van der Waals surface area contributed by atoms with Gasteiger partial charge in [-0.2, -0.15) is 0 Å². The molecule has 0 saturated heterocycles. The van der Waals surface area contributed by atoms with Crippen LogP contribution in [-0.2, 0) is 0 Å². The van der Waals surface area contributed by atoms with Crippen molar-refractivity contribution in [3.8, 4) is 11.3 Å². The van der Waals surface area contributed by atoms with Crippen LogP contribution in [0.25, 0.3) is 22.3 Å². The minimum atomic E-state index is -0.483. The zero-order chi connectivity index (χ0) is 14.1. The molecule has 20 heavy (non-hydrogen) atoms. The monoisotopic (exact) mass is 283 g/mol. The lowest BCUT2D eigenvalue weighted by molar-refractivity contribution is 0.100. The van der Waals surface area contributed by atoms with E-state index in [1.807, 2.05) is 18.2 Å². The van der Waals surface area contributed by atoms with Gasteiger partial charge in [0.1, 0.15) is 0 Å². The number of hydrogen-bond donors (Lipinski definition) is 1. The number of halogens is 1. The van der Waals surface area contributed by atoms with E-state index in [0.29, 0.717) is 27.3 Å². The molecule has 0 spiro atoms. The first kappa shape index (κ1) is 12.6. The summed E-state index contributed by atoms with van der Waals surface area (Å²) in [5.74, 6) is -0.483. The predicted molar refractivity (Wildman–Crippen MR) is 78.5 cm³/mol. The SMILES string of the molecule is NC(=O)c1ccc2nc(-c3ccccc3Cl)cnc2c1. The molecule has 5 heteroatoms. The van der Waals surface area contributed by atoms with Crippen LogP contribution >= 0.6 is 11.6 Å². The van der Waals surface area contributed by atoms with Gasteiger partial charge in [0.15, 0.2) is 0 Å². The standard InChI is InChI=1S/C15H10ClN3O/c16-11-4-2-1-3-10(11)14-8-18-13-7-9(15(17)20)5-6-12(13)19-14/h1-8H,(H2,17,20). The van der Waals surface area contributed by atoms with Crippen LogP contribution in [0, 0.1) is 0 Å². The molecule has 0 aliphatic carbocycles. The van der Waals surface area contributed by atoms with Crippen molar-refractivity contribution in [3.63, 3.8) is 0 Å². The molecular formula is C15H10ClN3O. The Morgan fingerprint density at radius 2 is 1.90 bits per heavy atom. The molecule has 2 N–H and O–H groups in total. The Morgan fingerprint density at radius 1 is 1.10 bits per heavy atom. The maximum absolute atomic E-state index is 11.1. The molecule has 0 unspecified atom stereocenters. The quantitative estimate of drug-likeness (QED) is 0.786. The van der Waals surface area contributed by atoms with Crippen molar-refractivity contribution in [1.82, 2.24) is 9.97 Å². The number of primary amides is 1. The molecule has 0 saturated carbocycles. The van der Waals surface area contributed by atoms with E-state index in [4.69, 9.17) is 17.3 Å². The predicted octanol–water partition coefficient (Wildman–Crippen LogP) is 3.05. The first-order valence-corrected chi connectivity index (χ1v) is 6.34. The minimum absolute atomic E-state index is 0.414. The number of carbonyl (C=O) groups excluding carboxylic acids is 1. The van der Waals surface area contributed by atoms with Gasteiger partial charge >= 0.3 is 0 Å². The Hall–Kier alpha value is -2.46. The molecule has 0 bridgehead atoms. The smallest absolute Gasteiger partial charge is 0.248 e. The number of carbonyl (C=O) groups is 1. The van der Waals surface area contributed by atoms with Crippen LogP contribution in [0.1, 0.15) is 10.4 Å². The number of aromatic nitrogens is 2. The van der Waals surface area contributed by atoms with Crippen molar-refractivity contribution in [1.29, 1.82) is 0 Å². The Kier molecular flexibility index (Phi) is 3.08. The molecule has 3 aromatic rings. The highest BCUT2D eigenvalue weighted by Crippen LogP contribution is 2.26. The van der Waals surface area contributed by atoms with Crippen LogP contribution in [0.4, 0.5) is 0 Å². The van der Waals surface area contributed by atoms with Crippen molar-refractivity contribution in [2.45, 2.75) is 0 Å². The van der Waals surface area contributed by atoms with E-state index in [2.05, 4.69) is 9.97 Å². The topological polar surface area (TPSA) is 68.9 Å². The zero-order valence-corrected chi connectivity index (χ0v) is 11.1. The fraction of sp³-hybridized carbons (Fsp3) is 0. The molecule has 1 aromatic heterocycles. The molecule has 98 valence electrons. The number of nitrogens with zero attached hydrogens (tertiary/aromatic N) is 2. The van der Waals surface area contributed by atoms with Crippen molar-refractivity contribution in [3.05, 3.63) is 59.2 Å². The zero-order valence-electron chi connectivity index (χ0n) is 10.4. The van der Waals surface area contributed by atoms with Gasteiger partial charge in [-0.05, 0) is 24.3 Å². The van der Waals surface area contributed by atoms with Crippen LogP contribution in [0.5, 0.6) is 0 Å². The number of amides is 1. The van der Waals surface area contributed by atoms with Crippen molar-refractivity contribution in [2.24, 2.45) is 5.73 Å². The first-order chi connectivity index (χ1) is 9.65. The van der Waals surface area contributed by atoms with E-state index in [9.17, 15) is 4.79 Å². The van der Waals surface area contributed by atoms with Crippen molar-refractivity contribution >= 4 is 28.5 Å². The van der Waals surface area contributed by atoms with E-state index < -0.39 is 5.91 Å². The third kappa shape index (κ3) is 2.21. The van der Waals surface area contributed by atoms with Gasteiger partial charge in [-0.25, -0.2) is 4.98 Å². The normalized spacial score (nSPS) is 10.7. The average molecular weight is 284 g/mol. The van der Waals surface area contributed by atoms with Crippen LogP contribution < -0.4 is 5.73 Å². The summed E-state index contributed by atoms with van der Waals surface area (Å²) in [6.07, 6.45) is 1.63. The Morgan fingerprint density at radius 3 is 2.65 bits per heavy atom. The average Bonchev–Trinajstić information content (AvgIpc) is 2.46. The fourth-order valence-corrected chi connectivity index (χ4v) is 2.20. The Labute approximate surface area is 120 Å². The lowest BCUT2D eigenvalue weighted by atomic mass is 10.1. The summed E-state index contributed by atoms with van der Waals surface area (Å²) in [7, 11) is 0. The van der Waals surface area contributed by atoms with Gasteiger partial charge < -0.3 is 5.73 Å². The molecule has 1 heterocycles. The molecule has 0 radical (unpaired) electrons. The van der Waals surface area contributed by atoms with Crippen LogP contribution in [0.2, 0.25) is 5.02 Å². The van der Waals surface area contributed by atoms with Gasteiger partial charge in [-0.15, -0.1) is 0 Å². The number of hydrogen-bond acceptors (Lipinski definition) is 3. The van der Waals surface area contributed by atoms with Gasteiger partial charge in [-0.3, -0.25) is 9.78 Å².